The lowest BCUT2D eigenvalue weighted by molar-refractivity contribution is -0.130. The molecule has 31 heavy (non-hydrogen) atoms. The van der Waals surface area contributed by atoms with Gasteiger partial charge in [0.25, 0.3) is 5.91 Å². The largest absolute Gasteiger partial charge is 0.324 e. The number of hydrogen-bond acceptors (Lipinski definition) is 3. The Balaban J connectivity index is 1.68. The fraction of sp³-hybridized carbons (Fsp3) is 0.259. The van der Waals surface area contributed by atoms with Gasteiger partial charge in [0.15, 0.2) is 5.78 Å². The van der Waals surface area contributed by atoms with E-state index in [1.54, 1.807) is 0 Å². The molecule has 1 saturated heterocycles. The summed E-state index contributed by atoms with van der Waals surface area (Å²) in [5.41, 5.74) is 2.83. The van der Waals surface area contributed by atoms with E-state index in [1.807, 2.05) is 73.8 Å². The number of aryl methyl sites for hydroxylation is 1. The Morgan fingerprint density at radius 1 is 0.903 bits per heavy atom. The third-order valence-electron chi connectivity index (χ3n) is 7.82. The Bertz CT molecular complexity index is 1220. The molecule has 2 spiro atoms. The zero-order chi connectivity index (χ0) is 21.2. The molecule has 2 heterocycles. The van der Waals surface area contributed by atoms with Crippen LogP contribution in [0.5, 0.6) is 0 Å². The highest BCUT2D eigenvalue weighted by molar-refractivity contribution is 6.15. The van der Waals surface area contributed by atoms with Gasteiger partial charge in [-0.25, -0.2) is 0 Å². The molecule has 2 aliphatic heterocycles. The van der Waals surface area contributed by atoms with Crippen molar-refractivity contribution in [2.75, 3.05) is 18.9 Å². The molecule has 1 N–H and O–H groups in total. The van der Waals surface area contributed by atoms with Gasteiger partial charge in [0.2, 0.25) is 0 Å². The van der Waals surface area contributed by atoms with Crippen molar-refractivity contribution in [2.24, 2.45) is 5.41 Å². The van der Waals surface area contributed by atoms with Gasteiger partial charge in [-0.2, -0.15) is 0 Å². The van der Waals surface area contributed by atoms with Gasteiger partial charge in [0.1, 0.15) is 5.54 Å². The van der Waals surface area contributed by atoms with E-state index in [9.17, 15) is 9.59 Å². The van der Waals surface area contributed by atoms with Crippen molar-refractivity contribution in [3.05, 3.63) is 101 Å². The van der Waals surface area contributed by atoms with E-state index < -0.39 is 11.0 Å². The van der Waals surface area contributed by atoms with Crippen molar-refractivity contribution < 1.29 is 9.59 Å². The number of likely N-dealkylation sites (N-methyl/N-ethyl adjacent to an activating group) is 1. The van der Waals surface area contributed by atoms with Crippen molar-refractivity contribution in [3.8, 4) is 0 Å². The summed E-state index contributed by atoms with van der Waals surface area (Å²) in [5.74, 6) is -0.0572. The predicted molar refractivity (Wildman–Crippen MR) is 120 cm³/mol. The van der Waals surface area contributed by atoms with Gasteiger partial charge in [-0.1, -0.05) is 72.8 Å². The minimum absolute atomic E-state index is 0.0727. The van der Waals surface area contributed by atoms with Crippen LogP contribution >= 0.6 is 0 Å². The number of carbonyl (C=O) groups is 2. The lowest BCUT2D eigenvalue weighted by Crippen LogP contribution is -2.60. The van der Waals surface area contributed by atoms with E-state index in [0.29, 0.717) is 13.0 Å². The highest BCUT2D eigenvalue weighted by Crippen LogP contribution is 2.65. The maximum Gasteiger partial charge on any atom is 0.250 e. The van der Waals surface area contributed by atoms with Crippen molar-refractivity contribution in [2.45, 2.75) is 24.3 Å². The number of fused-ring (bicyclic) bond motifs is 4. The van der Waals surface area contributed by atoms with Gasteiger partial charge in [-0.05, 0) is 37.1 Å². The molecule has 3 aliphatic rings. The fourth-order valence-electron chi connectivity index (χ4n) is 6.62. The van der Waals surface area contributed by atoms with Gasteiger partial charge in [0, 0.05) is 29.3 Å². The maximum atomic E-state index is 14.5. The Kier molecular flexibility index (Phi) is 3.81. The number of rotatable bonds is 1. The second-order valence-corrected chi connectivity index (χ2v) is 9.01. The highest BCUT2D eigenvalue weighted by atomic mass is 16.2. The molecule has 0 bridgehead atoms. The molecule has 3 aromatic carbocycles. The lowest BCUT2D eigenvalue weighted by Gasteiger charge is -2.48. The summed E-state index contributed by atoms with van der Waals surface area (Å²) >= 11 is 0. The molecule has 0 aromatic heterocycles. The zero-order valence-corrected chi connectivity index (χ0v) is 17.5. The number of Topliss-reactive ketones (excluding diaryl/α,β-unsaturated/α-hetero) is 1. The van der Waals surface area contributed by atoms with Crippen LogP contribution in [-0.2, 0) is 16.8 Å². The molecule has 3 atom stereocenters. The summed E-state index contributed by atoms with van der Waals surface area (Å²) in [5, 5.41) is 3.12. The molecule has 0 radical (unpaired) electrons. The third kappa shape index (κ3) is 2.13. The number of benzene rings is 3. The molecule has 154 valence electrons. The molecule has 0 unspecified atom stereocenters. The van der Waals surface area contributed by atoms with E-state index in [1.165, 1.54) is 0 Å². The summed E-state index contributed by atoms with van der Waals surface area (Å²) in [4.78, 5) is 30.5. The minimum Gasteiger partial charge on any atom is -0.324 e. The number of para-hydroxylation sites is 1. The Labute approximate surface area is 181 Å². The van der Waals surface area contributed by atoms with Crippen molar-refractivity contribution >= 4 is 17.4 Å². The summed E-state index contributed by atoms with van der Waals surface area (Å²) in [6.07, 6.45) is 1.44. The Morgan fingerprint density at radius 3 is 2.45 bits per heavy atom. The maximum absolute atomic E-state index is 14.5. The van der Waals surface area contributed by atoms with Crippen LogP contribution in [0.3, 0.4) is 0 Å². The van der Waals surface area contributed by atoms with Crippen LogP contribution in [0.25, 0.3) is 0 Å². The Morgan fingerprint density at radius 2 is 1.61 bits per heavy atom. The number of nitrogens with zero attached hydrogens (tertiary/aromatic N) is 1. The Hall–Kier alpha value is -3.24. The predicted octanol–water partition coefficient (Wildman–Crippen LogP) is 4.38. The number of ketones is 1. The van der Waals surface area contributed by atoms with Gasteiger partial charge in [0.05, 0.1) is 5.41 Å². The summed E-state index contributed by atoms with van der Waals surface area (Å²) in [7, 11) is 2.00. The third-order valence-corrected chi connectivity index (χ3v) is 7.82. The van der Waals surface area contributed by atoms with Crippen LogP contribution in [0.4, 0.5) is 5.69 Å². The summed E-state index contributed by atoms with van der Waals surface area (Å²) < 4.78 is 0. The molecule has 4 nitrogen and oxygen atoms in total. The first kappa shape index (κ1) is 18.5. The van der Waals surface area contributed by atoms with E-state index in [-0.39, 0.29) is 17.6 Å². The van der Waals surface area contributed by atoms with E-state index in [2.05, 4.69) is 22.3 Å². The summed E-state index contributed by atoms with van der Waals surface area (Å²) in [6, 6.07) is 26.0. The van der Waals surface area contributed by atoms with E-state index in [0.717, 1.165) is 34.4 Å². The molecule has 4 heteroatoms. The quantitative estimate of drug-likeness (QED) is 0.650. The monoisotopic (exact) mass is 408 g/mol. The van der Waals surface area contributed by atoms with Crippen molar-refractivity contribution in [3.63, 3.8) is 0 Å². The highest BCUT2D eigenvalue weighted by Gasteiger charge is 2.73. The molecule has 1 amide bonds. The normalized spacial score (nSPS) is 29.3. The number of hydrogen-bond donors (Lipinski definition) is 1. The minimum atomic E-state index is -1.02. The number of nitrogens with one attached hydrogen (secondary N) is 1. The fourth-order valence-corrected chi connectivity index (χ4v) is 6.62. The molecule has 1 aliphatic carbocycles. The standard InChI is InChI=1S/C27H24N2O2/c1-29-17-22(19-10-3-2-4-11-19)26(16-15-18-9-5-6-12-20(18)24(26)30)27(29)21-13-7-8-14-23(21)28-25(27)31/h2-14,22H,15-17H2,1H3,(H,28,31)/t22-,26+,27-/m0/s1. The van der Waals surface area contributed by atoms with Crippen LogP contribution in [0.2, 0.25) is 0 Å². The average Bonchev–Trinajstić information content (AvgIpc) is 3.25. The SMILES string of the molecule is CN1C[C@@H](c2ccccc2)[C@@]2(CCc3ccccc3C2=O)[C@]12C(=O)Nc1ccccc12. The first-order chi connectivity index (χ1) is 15.1. The number of likely N-dealkylation sites (tertiary alicyclic amines) is 1. The van der Waals surface area contributed by atoms with Gasteiger partial charge in [-0.15, -0.1) is 0 Å². The van der Waals surface area contributed by atoms with Crippen LogP contribution in [-0.4, -0.2) is 30.2 Å². The van der Waals surface area contributed by atoms with Gasteiger partial charge >= 0.3 is 0 Å². The second kappa shape index (κ2) is 6.38. The first-order valence-corrected chi connectivity index (χ1v) is 10.9. The number of amides is 1. The smallest absolute Gasteiger partial charge is 0.250 e. The van der Waals surface area contributed by atoms with Crippen LogP contribution in [0.15, 0.2) is 78.9 Å². The molecule has 1 fully saturated rings. The molecule has 0 saturated carbocycles. The van der Waals surface area contributed by atoms with Gasteiger partial charge < -0.3 is 5.32 Å². The molecular formula is C27H24N2O2. The van der Waals surface area contributed by atoms with Crippen LogP contribution in [0.1, 0.15) is 39.4 Å². The topological polar surface area (TPSA) is 49.4 Å². The van der Waals surface area contributed by atoms with Crippen molar-refractivity contribution in [1.29, 1.82) is 0 Å². The van der Waals surface area contributed by atoms with Crippen LogP contribution in [0, 0.1) is 5.41 Å². The summed E-state index contributed by atoms with van der Waals surface area (Å²) in [6.45, 7) is 0.652. The van der Waals surface area contributed by atoms with E-state index in [4.69, 9.17) is 0 Å². The van der Waals surface area contributed by atoms with Crippen molar-refractivity contribution in [1.82, 2.24) is 4.90 Å². The number of carbonyl (C=O) groups excluding carboxylic acids is 2. The first-order valence-electron chi connectivity index (χ1n) is 10.9. The van der Waals surface area contributed by atoms with Crippen LogP contribution < -0.4 is 5.32 Å². The number of anilines is 1. The molecular weight excluding hydrogens is 384 g/mol. The second-order valence-electron chi connectivity index (χ2n) is 9.01. The molecule has 3 aromatic rings. The molecule has 6 rings (SSSR count). The zero-order valence-electron chi connectivity index (χ0n) is 17.5. The average molecular weight is 409 g/mol. The van der Waals surface area contributed by atoms with E-state index >= 15 is 0 Å². The lowest BCUT2D eigenvalue weighted by atomic mass is 9.53. The van der Waals surface area contributed by atoms with Gasteiger partial charge in [-0.3, -0.25) is 14.5 Å².